The monoisotopic (exact) mass is 409 g/mol. The number of benzene rings is 2. The van der Waals surface area contributed by atoms with Crippen LogP contribution in [0.5, 0.6) is 0 Å². The quantitative estimate of drug-likeness (QED) is 0.530. The number of nitrogens with one attached hydrogen (secondary N) is 1. The van der Waals surface area contributed by atoms with Gasteiger partial charge in [0.05, 0.1) is 36.3 Å². The fraction of sp³-hybridized carbons (Fsp3) is 0.211. The molecule has 0 fully saturated rings. The Morgan fingerprint density at radius 3 is 2.65 bits per heavy atom. The molecule has 0 spiro atoms. The number of imidazole rings is 1. The molecular weight excluding hydrogens is 393 g/mol. The van der Waals surface area contributed by atoms with Gasteiger partial charge in [0.15, 0.2) is 0 Å². The number of anilines is 1. The molecule has 1 atom stereocenters. The molecule has 0 amide bonds. The first-order chi connectivity index (χ1) is 12.6. The highest BCUT2D eigenvalue weighted by Gasteiger charge is 2.12. The van der Waals surface area contributed by atoms with Gasteiger partial charge in [-0.05, 0) is 35.9 Å². The third kappa shape index (κ3) is 5.64. The average molecular weight is 411 g/mol. The van der Waals surface area contributed by atoms with Crippen LogP contribution < -0.4 is 5.32 Å². The molecule has 0 saturated carbocycles. The van der Waals surface area contributed by atoms with Crippen molar-refractivity contribution in [3.05, 3.63) is 81.8 Å². The zero-order chi connectivity index (χ0) is 18.4. The molecule has 1 N–H and O–H groups in total. The van der Waals surface area contributed by atoms with Gasteiger partial charge in [0, 0.05) is 29.0 Å². The third-order valence-electron chi connectivity index (χ3n) is 3.80. The summed E-state index contributed by atoms with van der Waals surface area (Å²) < 4.78 is 8.08. The highest BCUT2D eigenvalue weighted by molar-refractivity contribution is 6.36. The number of ether oxygens (including phenoxy) is 1. The lowest BCUT2D eigenvalue weighted by molar-refractivity contribution is 0.0379. The maximum Gasteiger partial charge on any atom is 0.0946 e. The van der Waals surface area contributed by atoms with Gasteiger partial charge in [-0.3, -0.25) is 0 Å². The van der Waals surface area contributed by atoms with Crippen molar-refractivity contribution in [1.29, 1.82) is 0 Å². The van der Waals surface area contributed by atoms with Crippen LogP contribution in [0.15, 0.2) is 61.2 Å². The Kier molecular flexibility index (Phi) is 6.80. The standard InChI is InChI=1S/C19H18Cl3N3O/c20-15-3-1-2-14(8-15)12-26-17(11-25-7-6-23-13-25)10-24-19-5-4-16(21)9-18(19)22/h1-9,13,17,24H,10-12H2. The van der Waals surface area contributed by atoms with Crippen LogP contribution >= 0.6 is 34.8 Å². The number of hydrogen-bond acceptors (Lipinski definition) is 3. The van der Waals surface area contributed by atoms with Gasteiger partial charge in [0.1, 0.15) is 0 Å². The molecule has 26 heavy (non-hydrogen) atoms. The largest absolute Gasteiger partial charge is 0.381 e. The van der Waals surface area contributed by atoms with E-state index in [0.29, 0.717) is 34.8 Å². The van der Waals surface area contributed by atoms with Crippen LogP contribution in [0.2, 0.25) is 15.1 Å². The van der Waals surface area contributed by atoms with Gasteiger partial charge < -0.3 is 14.6 Å². The van der Waals surface area contributed by atoms with Crippen LogP contribution in [0.4, 0.5) is 5.69 Å². The van der Waals surface area contributed by atoms with E-state index in [4.69, 9.17) is 39.5 Å². The number of aromatic nitrogens is 2. The molecule has 0 saturated heterocycles. The lowest BCUT2D eigenvalue weighted by Crippen LogP contribution is -2.28. The molecule has 3 aromatic rings. The number of rotatable bonds is 8. The van der Waals surface area contributed by atoms with Gasteiger partial charge in [0.2, 0.25) is 0 Å². The summed E-state index contributed by atoms with van der Waals surface area (Å²) in [5.74, 6) is 0. The second-order valence-electron chi connectivity index (χ2n) is 5.83. The topological polar surface area (TPSA) is 39.1 Å². The van der Waals surface area contributed by atoms with E-state index in [1.807, 2.05) is 41.1 Å². The summed E-state index contributed by atoms with van der Waals surface area (Å²) in [7, 11) is 0. The predicted molar refractivity (Wildman–Crippen MR) is 107 cm³/mol. The lowest BCUT2D eigenvalue weighted by Gasteiger charge is -2.20. The van der Waals surface area contributed by atoms with Crippen molar-refractivity contribution in [1.82, 2.24) is 9.55 Å². The van der Waals surface area contributed by atoms with Crippen molar-refractivity contribution in [2.24, 2.45) is 0 Å². The minimum absolute atomic E-state index is 0.0880. The van der Waals surface area contributed by atoms with E-state index < -0.39 is 0 Å². The number of hydrogen-bond donors (Lipinski definition) is 1. The number of halogens is 3. The van der Waals surface area contributed by atoms with E-state index in [9.17, 15) is 0 Å². The fourth-order valence-corrected chi connectivity index (χ4v) is 3.19. The van der Waals surface area contributed by atoms with E-state index in [1.54, 1.807) is 24.7 Å². The first kappa shape index (κ1) is 19.1. The van der Waals surface area contributed by atoms with Crippen LogP contribution in [0, 0.1) is 0 Å². The molecule has 4 nitrogen and oxygen atoms in total. The summed E-state index contributed by atoms with van der Waals surface area (Å²) in [6, 6.07) is 13.0. The van der Waals surface area contributed by atoms with Gasteiger partial charge in [-0.15, -0.1) is 0 Å². The summed E-state index contributed by atoms with van der Waals surface area (Å²) in [6.45, 7) is 1.72. The molecule has 1 unspecified atom stereocenters. The van der Waals surface area contributed by atoms with Gasteiger partial charge in [0.25, 0.3) is 0 Å². The second-order valence-corrected chi connectivity index (χ2v) is 7.11. The van der Waals surface area contributed by atoms with E-state index in [0.717, 1.165) is 11.3 Å². The molecule has 0 aliphatic heterocycles. The van der Waals surface area contributed by atoms with Crippen LogP contribution in [-0.2, 0) is 17.9 Å². The molecule has 1 aromatic heterocycles. The smallest absolute Gasteiger partial charge is 0.0946 e. The normalized spacial score (nSPS) is 12.1. The van der Waals surface area contributed by atoms with Crippen molar-refractivity contribution < 1.29 is 4.74 Å². The predicted octanol–water partition coefficient (Wildman–Crippen LogP) is 5.54. The molecule has 7 heteroatoms. The Morgan fingerprint density at radius 2 is 1.92 bits per heavy atom. The van der Waals surface area contributed by atoms with Gasteiger partial charge in [-0.25, -0.2) is 4.98 Å². The van der Waals surface area contributed by atoms with Gasteiger partial charge in [-0.2, -0.15) is 0 Å². The Balaban J connectivity index is 1.64. The van der Waals surface area contributed by atoms with Crippen LogP contribution in [-0.4, -0.2) is 22.2 Å². The van der Waals surface area contributed by atoms with Crippen LogP contribution in [0.3, 0.4) is 0 Å². The zero-order valence-corrected chi connectivity index (χ0v) is 16.2. The fourth-order valence-electron chi connectivity index (χ4n) is 2.50. The Bertz CT molecular complexity index is 840. The van der Waals surface area contributed by atoms with Crippen LogP contribution in [0.1, 0.15) is 5.56 Å². The summed E-state index contributed by atoms with van der Waals surface area (Å²) in [6.07, 6.45) is 5.34. The summed E-state index contributed by atoms with van der Waals surface area (Å²) >= 11 is 18.2. The summed E-state index contributed by atoms with van der Waals surface area (Å²) in [4.78, 5) is 4.08. The number of nitrogens with zero attached hydrogens (tertiary/aromatic N) is 2. The van der Waals surface area contributed by atoms with Gasteiger partial charge >= 0.3 is 0 Å². The molecule has 0 aliphatic carbocycles. The maximum atomic E-state index is 6.23. The van der Waals surface area contributed by atoms with Crippen molar-refractivity contribution in [2.45, 2.75) is 19.3 Å². The molecule has 136 valence electrons. The molecule has 3 rings (SSSR count). The Hall–Kier alpha value is -1.72. The molecule has 0 aliphatic rings. The Morgan fingerprint density at radius 1 is 1.08 bits per heavy atom. The van der Waals surface area contributed by atoms with E-state index in [2.05, 4.69) is 10.3 Å². The highest BCUT2D eigenvalue weighted by atomic mass is 35.5. The first-order valence-corrected chi connectivity index (χ1v) is 9.24. The van der Waals surface area contributed by atoms with E-state index in [-0.39, 0.29) is 6.10 Å². The highest BCUT2D eigenvalue weighted by Crippen LogP contribution is 2.25. The SMILES string of the molecule is Clc1cccc(COC(CNc2ccc(Cl)cc2Cl)Cn2ccnc2)c1. The molecule has 2 aromatic carbocycles. The summed E-state index contributed by atoms with van der Waals surface area (Å²) in [5, 5.41) is 5.20. The van der Waals surface area contributed by atoms with E-state index >= 15 is 0 Å². The first-order valence-electron chi connectivity index (χ1n) is 8.11. The molecular formula is C19H18Cl3N3O. The molecule has 0 radical (unpaired) electrons. The van der Waals surface area contributed by atoms with Crippen molar-refractivity contribution >= 4 is 40.5 Å². The average Bonchev–Trinajstić information content (AvgIpc) is 3.11. The van der Waals surface area contributed by atoms with Crippen molar-refractivity contribution in [3.63, 3.8) is 0 Å². The van der Waals surface area contributed by atoms with E-state index in [1.165, 1.54) is 0 Å². The maximum absolute atomic E-state index is 6.23. The van der Waals surface area contributed by atoms with Crippen LogP contribution in [0.25, 0.3) is 0 Å². The summed E-state index contributed by atoms with van der Waals surface area (Å²) in [5.41, 5.74) is 1.84. The van der Waals surface area contributed by atoms with Gasteiger partial charge in [-0.1, -0.05) is 46.9 Å². The lowest BCUT2D eigenvalue weighted by atomic mass is 10.2. The minimum atomic E-state index is -0.0880. The Labute approximate surface area is 167 Å². The second kappa shape index (κ2) is 9.28. The van der Waals surface area contributed by atoms with Crippen molar-refractivity contribution in [2.75, 3.05) is 11.9 Å². The molecule has 1 heterocycles. The van der Waals surface area contributed by atoms with Crippen molar-refractivity contribution in [3.8, 4) is 0 Å². The third-order valence-corrected chi connectivity index (χ3v) is 4.58. The zero-order valence-electron chi connectivity index (χ0n) is 13.9. The minimum Gasteiger partial charge on any atom is -0.381 e. The molecule has 0 bridgehead atoms.